The van der Waals surface area contributed by atoms with Crippen molar-refractivity contribution in [3.8, 4) is 5.75 Å². The number of ether oxygens (including phenoxy) is 1. The lowest BCUT2D eigenvalue weighted by atomic mass is 9.83. The molecule has 0 aromatic heterocycles. The molecule has 0 fully saturated rings. The van der Waals surface area contributed by atoms with E-state index in [-0.39, 0.29) is 5.41 Å². The maximum Gasteiger partial charge on any atom is 0.126 e. The fourth-order valence-electron chi connectivity index (χ4n) is 2.10. The molecule has 1 heteroatoms. The minimum Gasteiger partial charge on any atom is -0.496 e. The predicted octanol–water partition coefficient (Wildman–Crippen LogP) is 4.15. The van der Waals surface area contributed by atoms with Gasteiger partial charge < -0.3 is 4.74 Å². The molecule has 0 saturated carbocycles. The first kappa shape index (κ1) is 11.0. The largest absolute Gasteiger partial charge is 0.496 e. The van der Waals surface area contributed by atoms with Crippen LogP contribution in [0.3, 0.4) is 0 Å². The van der Waals surface area contributed by atoms with Gasteiger partial charge in [0.1, 0.15) is 5.75 Å². The van der Waals surface area contributed by atoms with E-state index in [9.17, 15) is 0 Å². The zero-order valence-corrected chi connectivity index (χ0v) is 10.4. The molecule has 0 aliphatic rings. The van der Waals surface area contributed by atoms with Crippen molar-refractivity contribution in [1.29, 1.82) is 0 Å². The summed E-state index contributed by atoms with van der Waals surface area (Å²) in [6, 6.07) is 12.6. The number of hydrogen-bond acceptors (Lipinski definition) is 1. The molecular weight excluding hydrogens is 196 g/mol. The monoisotopic (exact) mass is 214 g/mol. The Balaban J connectivity index is 2.80. The second-order valence-corrected chi connectivity index (χ2v) is 5.11. The highest BCUT2D eigenvalue weighted by molar-refractivity contribution is 5.91. The third-order valence-corrected chi connectivity index (χ3v) is 2.91. The van der Waals surface area contributed by atoms with E-state index in [0.717, 1.165) is 5.75 Å². The molecule has 2 aromatic carbocycles. The van der Waals surface area contributed by atoms with E-state index >= 15 is 0 Å². The number of rotatable bonds is 1. The van der Waals surface area contributed by atoms with Crippen LogP contribution in [-0.4, -0.2) is 7.11 Å². The Bertz CT molecular complexity index is 506. The lowest BCUT2D eigenvalue weighted by Crippen LogP contribution is -2.11. The second-order valence-electron chi connectivity index (χ2n) is 5.11. The normalized spacial score (nSPS) is 11.8. The van der Waals surface area contributed by atoms with Gasteiger partial charge in [-0.1, -0.05) is 51.1 Å². The van der Waals surface area contributed by atoms with Crippen molar-refractivity contribution in [2.75, 3.05) is 7.11 Å². The van der Waals surface area contributed by atoms with Gasteiger partial charge in [-0.25, -0.2) is 0 Å². The van der Waals surface area contributed by atoms with Crippen molar-refractivity contribution >= 4 is 10.8 Å². The zero-order valence-electron chi connectivity index (χ0n) is 10.4. The second kappa shape index (κ2) is 3.82. The molecule has 0 aliphatic carbocycles. The van der Waals surface area contributed by atoms with Gasteiger partial charge in [-0.2, -0.15) is 0 Å². The fourth-order valence-corrected chi connectivity index (χ4v) is 2.10. The molecule has 84 valence electrons. The number of methoxy groups -OCH3 is 1. The minimum atomic E-state index is 0.159. The van der Waals surface area contributed by atoms with Crippen molar-refractivity contribution in [2.45, 2.75) is 26.2 Å². The van der Waals surface area contributed by atoms with Gasteiger partial charge >= 0.3 is 0 Å². The summed E-state index contributed by atoms with van der Waals surface area (Å²) in [4.78, 5) is 0. The van der Waals surface area contributed by atoms with E-state index < -0.39 is 0 Å². The molecule has 0 spiro atoms. The SMILES string of the molecule is COc1ccc(C(C)(C)C)c2ccccc12. The molecule has 0 atom stereocenters. The van der Waals surface area contributed by atoms with Crippen LogP contribution in [-0.2, 0) is 5.41 Å². The summed E-state index contributed by atoms with van der Waals surface area (Å²) in [6.45, 7) is 6.71. The highest BCUT2D eigenvalue weighted by atomic mass is 16.5. The van der Waals surface area contributed by atoms with Crippen LogP contribution < -0.4 is 4.74 Å². The number of fused-ring (bicyclic) bond motifs is 1. The van der Waals surface area contributed by atoms with E-state index in [4.69, 9.17) is 4.74 Å². The molecular formula is C15H18O. The molecule has 0 aliphatic heterocycles. The van der Waals surface area contributed by atoms with Crippen LogP contribution in [0.1, 0.15) is 26.3 Å². The third kappa shape index (κ3) is 1.78. The molecule has 2 rings (SSSR count). The summed E-state index contributed by atoms with van der Waals surface area (Å²) in [6.07, 6.45) is 0. The van der Waals surface area contributed by atoms with Crippen LogP contribution in [0.5, 0.6) is 5.75 Å². The summed E-state index contributed by atoms with van der Waals surface area (Å²) in [5.41, 5.74) is 1.52. The van der Waals surface area contributed by atoms with Crippen LogP contribution in [0.2, 0.25) is 0 Å². The van der Waals surface area contributed by atoms with Crippen molar-refractivity contribution in [3.05, 3.63) is 42.0 Å². The van der Waals surface area contributed by atoms with Crippen molar-refractivity contribution < 1.29 is 4.74 Å². The smallest absolute Gasteiger partial charge is 0.126 e. The zero-order chi connectivity index (χ0) is 11.8. The first-order chi connectivity index (χ1) is 7.54. The molecule has 0 bridgehead atoms. The molecule has 1 nitrogen and oxygen atoms in total. The maximum absolute atomic E-state index is 5.40. The summed E-state index contributed by atoms with van der Waals surface area (Å²) in [5.74, 6) is 0.948. The number of hydrogen-bond donors (Lipinski definition) is 0. The first-order valence-electron chi connectivity index (χ1n) is 5.60. The average Bonchev–Trinajstić information content (AvgIpc) is 2.26. The van der Waals surface area contributed by atoms with Gasteiger partial charge in [0.25, 0.3) is 0 Å². The Labute approximate surface area is 97.1 Å². The minimum absolute atomic E-state index is 0.159. The number of benzene rings is 2. The summed E-state index contributed by atoms with van der Waals surface area (Å²) in [7, 11) is 1.72. The van der Waals surface area contributed by atoms with Crippen LogP contribution in [0, 0.1) is 0 Å². The molecule has 0 N–H and O–H groups in total. The van der Waals surface area contributed by atoms with Gasteiger partial charge in [-0.05, 0) is 22.4 Å². The third-order valence-electron chi connectivity index (χ3n) is 2.91. The quantitative estimate of drug-likeness (QED) is 0.693. The maximum atomic E-state index is 5.40. The van der Waals surface area contributed by atoms with Gasteiger partial charge in [0.15, 0.2) is 0 Å². The van der Waals surface area contributed by atoms with Crippen LogP contribution in [0.15, 0.2) is 36.4 Å². The molecule has 16 heavy (non-hydrogen) atoms. The lowest BCUT2D eigenvalue weighted by Gasteiger charge is -2.22. The van der Waals surface area contributed by atoms with E-state index in [1.165, 1.54) is 16.3 Å². The van der Waals surface area contributed by atoms with Crippen LogP contribution >= 0.6 is 0 Å². The molecule has 0 unspecified atom stereocenters. The van der Waals surface area contributed by atoms with Crippen molar-refractivity contribution in [3.63, 3.8) is 0 Å². The van der Waals surface area contributed by atoms with Crippen LogP contribution in [0.4, 0.5) is 0 Å². The van der Waals surface area contributed by atoms with E-state index in [1.807, 2.05) is 0 Å². The predicted molar refractivity (Wildman–Crippen MR) is 69.2 cm³/mol. The fraction of sp³-hybridized carbons (Fsp3) is 0.333. The molecule has 0 amide bonds. The molecule has 2 aromatic rings. The summed E-state index contributed by atoms with van der Waals surface area (Å²) in [5, 5.41) is 2.48. The molecule has 0 saturated heterocycles. The van der Waals surface area contributed by atoms with Gasteiger partial charge in [-0.15, -0.1) is 0 Å². The van der Waals surface area contributed by atoms with Gasteiger partial charge in [0, 0.05) is 5.39 Å². The Morgan fingerprint density at radius 2 is 1.50 bits per heavy atom. The standard InChI is InChI=1S/C15H18O/c1-15(2,3)13-9-10-14(16-4)12-8-6-5-7-11(12)13/h5-10H,1-4H3. The van der Waals surface area contributed by atoms with E-state index in [1.54, 1.807) is 7.11 Å². The topological polar surface area (TPSA) is 9.23 Å². The van der Waals surface area contributed by atoms with Gasteiger partial charge in [0.05, 0.1) is 7.11 Å². The lowest BCUT2D eigenvalue weighted by molar-refractivity contribution is 0.419. The first-order valence-corrected chi connectivity index (χ1v) is 5.60. The molecule has 0 radical (unpaired) electrons. The Hall–Kier alpha value is -1.50. The van der Waals surface area contributed by atoms with Gasteiger partial charge in [-0.3, -0.25) is 0 Å². The Morgan fingerprint density at radius 1 is 0.875 bits per heavy atom. The van der Waals surface area contributed by atoms with Crippen molar-refractivity contribution in [1.82, 2.24) is 0 Å². The van der Waals surface area contributed by atoms with Gasteiger partial charge in [0.2, 0.25) is 0 Å². The van der Waals surface area contributed by atoms with Crippen LogP contribution in [0.25, 0.3) is 10.8 Å². The Morgan fingerprint density at radius 3 is 2.06 bits per heavy atom. The summed E-state index contributed by atoms with van der Waals surface area (Å²) >= 11 is 0. The summed E-state index contributed by atoms with van der Waals surface area (Å²) < 4.78 is 5.40. The highest BCUT2D eigenvalue weighted by Gasteiger charge is 2.17. The van der Waals surface area contributed by atoms with E-state index in [2.05, 4.69) is 57.2 Å². The average molecular weight is 214 g/mol. The highest BCUT2D eigenvalue weighted by Crippen LogP contribution is 2.34. The molecule has 0 heterocycles. The Kier molecular flexibility index (Phi) is 2.63. The van der Waals surface area contributed by atoms with Crippen molar-refractivity contribution in [2.24, 2.45) is 0 Å². The van der Waals surface area contributed by atoms with E-state index in [0.29, 0.717) is 0 Å².